The van der Waals surface area contributed by atoms with Crippen molar-refractivity contribution in [3.63, 3.8) is 0 Å². The molecular weight excluding hydrogens is 222 g/mol. The summed E-state index contributed by atoms with van der Waals surface area (Å²) in [4.78, 5) is 2.64. The average Bonchev–Trinajstić information content (AvgIpc) is 2.40. The van der Waals surface area contributed by atoms with E-state index in [1.807, 2.05) is 6.08 Å². The van der Waals surface area contributed by atoms with E-state index in [0.717, 1.165) is 18.4 Å². The maximum atomic E-state index is 5.82. The molecule has 0 radical (unpaired) electrons. The Hall–Kier alpha value is -0.340. The summed E-state index contributed by atoms with van der Waals surface area (Å²) < 4.78 is 5.82. The lowest BCUT2D eigenvalue weighted by molar-refractivity contribution is 0.00402. The fourth-order valence-electron chi connectivity index (χ4n) is 3.52. The van der Waals surface area contributed by atoms with Gasteiger partial charge in [0.1, 0.15) is 0 Å². The predicted octanol–water partition coefficient (Wildman–Crippen LogP) is 3.48. The molecule has 1 aliphatic carbocycles. The zero-order valence-electron chi connectivity index (χ0n) is 11.9. The Kier molecular flexibility index (Phi) is 5.71. The number of piperidine rings is 1. The summed E-state index contributed by atoms with van der Waals surface area (Å²) in [5, 5.41) is 0. The molecule has 0 amide bonds. The molecule has 0 aromatic heterocycles. The predicted molar refractivity (Wildman–Crippen MR) is 76.7 cm³/mol. The van der Waals surface area contributed by atoms with Crippen LogP contribution in [0.15, 0.2) is 12.7 Å². The van der Waals surface area contributed by atoms with Gasteiger partial charge in [-0.2, -0.15) is 0 Å². The largest absolute Gasteiger partial charge is 0.373 e. The van der Waals surface area contributed by atoms with Crippen LogP contribution in [0.25, 0.3) is 0 Å². The maximum absolute atomic E-state index is 5.82. The van der Waals surface area contributed by atoms with Crippen LogP contribution in [0.2, 0.25) is 0 Å². The normalized spacial score (nSPS) is 34.4. The number of rotatable bonds is 5. The molecule has 2 unspecified atom stereocenters. The summed E-state index contributed by atoms with van der Waals surface area (Å²) in [5.74, 6) is 1.85. The summed E-state index contributed by atoms with van der Waals surface area (Å²) in [6, 6.07) is 0. The molecule has 0 spiro atoms. The highest BCUT2D eigenvalue weighted by Crippen LogP contribution is 2.30. The Labute approximate surface area is 112 Å². The van der Waals surface area contributed by atoms with E-state index >= 15 is 0 Å². The van der Waals surface area contributed by atoms with Crippen molar-refractivity contribution in [3.8, 4) is 0 Å². The first kappa shape index (κ1) is 14.1. The van der Waals surface area contributed by atoms with Gasteiger partial charge in [0.25, 0.3) is 0 Å². The quantitative estimate of drug-likeness (QED) is 0.694. The highest BCUT2D eigenvalue weighted by atomic mass is 16.5. The zero-order valence-corrected chi connectivity index (χ0v) is 11.9. The third kappa shape index (κ3) is 4.10. The Bertz CT molecular complexity index is 253. The van der Waals surface area contributed by atoms with E-state index in [1.165, 1.54) is 51.6 Å². The van der Waals surface area contributed by atoms with Gasteiger partial charge in [0.05, 0.1) is 12.7 Å². The standard InChI is InChI=1S/C16H29NO/c1-3-11-18-16-9-6-10-17(13-16)12-15-8-5-4-7-14(15)2/h3,14-16H,1,4-13H2,2H3/t14?,15-,16?/m0/s1. The minimum atomic E-state index is 0.440. The van der Waals surface area contributed by atoms with Gasteiger partial charge in [-0.05, 0) is 37.6 Å². The summed E-state index contributed by atoms with van der Waals surface area (Å²) >= 11 is 0. The molecule has 0 aromatic rings. The second-order valence-corrected chi connectivity index (χ2v) is 6.17. The average molecular weight is 251 g/mol. The smallest absolute Gasteiger partial charge is 0.0706 e. The number of ether oxygens (including phenoxy) is 1. The molecule has 104 valence electrons. The molecule has 0 bridgehead atoms. The molecule has 0 N–H and O–H groups in total. The van der Waals surface area contributed by atoms with Gasteiger partial charge in [-0.1, -0.05) is 32.3 Å². The Morgan fingerprint density at radius 1 is 1.22 bits per heavy atom. The fourth-order valence-corrected chi connectivity index (χ4v) is 3.52. The van der Waals surface area contributed by atoms with E-state index in [-0.39, 0.29) is 0 Å². The molecule has 1 saturated heterocycles. The fraction of sp³-hybridized carbons (Fsp3) is 0.875. The summed E-state index contributed by atoms with van der Waals surface area (Å²) in [6.45, 7) is 10.6. The van der Waals surface area contributed by atoms with E-state index in [9.17, 15) is 0 Å². The molecule has 1 heterocycles. The van der Waals surface area contributed by atoms with Crippen molar-refractivity contribution in [2.24, 2.45) is 11.8 Å². The van der Waals surface area contributed by atoms with Crippen molar-refractivity contribution in [2.45, 2.75) is 51.6 Å². The van der Waals surface area contributed by atoms with E-state index in [0.29, 0.717) is 12.7 Å². The second-order valence-electron chi connectivity index (χ2n) is 6.17. The molecule has 2 aliphatic rings. The van der Waals surface area contributed by atoms with Gasteiger partial charge in [0.2, 0.25) is 0 Å². The number of hydrogen-bond donors (Lipinski definition) is 0. The molecular formula is C16H29NO. The van der Waals surface area contributed by atoms with Gasteiger partial charge in [-0.25, -0.2) is 0 Å². The van der Waals surface area contributed by atoms with Gasteiger partial charge in [0, 0.05) is 13.1 Å². The van der Waals surface area contributed by atoms with Gasteiger partial charge in [-0.15, -0.1) is 6.58 Å². The third-order valence-electron chi connectivity index (χ3n) is 4.69. The van der Waals surface area contributed by atoms with Crippen molar-refractivity contribution < 1.29 is 4.74 Å². The molecule has 18 heavy (non-hydrogen) atoms. The SMILES string of the molecule is C=CCOC1CCCN(C[C@@H]2CCCCC2C)C1. The van der Waals surface area contributed by atoms with Crippen molar-refractivity contribution in [1.29, 1.82) is 0 Å². The Morgan fingerprint density at radius 2 is 2.06 bits per heavy atom. The third-order valence-corrected chi connectivity index (χ3v) is 4.69. The minimum Gasteiger partial charge on any atom is -0.373 e. The lowest BCUT2D eigenvalue weighted by Crippen LogP contribution is -2.43. The molecule has 2 rings (SSSR count). The number of hydrogen-bond acceptors (Lipinski definition) is 2. The summed E-state index contributed by atoms with van der Waals surface area (Å²) in [5.41, 5.74) is 0. The highest BCUT2D eigenvalue weighted by Gasteiger charge is 2.26. The van der Waals surface area contributed by atoms with E-state index in [2.05, 4.69) is 18.4 Å². The second kappa shape index (κ2) is 7.30. The zero-order chi connectivity index (χ0) is 12.8. The van der Waals surface area contributed by atoms with Crippen molar-refractivity contribution in [2.75, 3.05) is 26.2 Å². The molecule has 2 heteroatoms. The first-order valence-electron chi connectivity index (χ1n) is 7.74. The van der Waals surface area contributed by atoms with Crippen molar-refractivity contribution in [3.05, 3.63) is 12.7 Å². The van der Waals surface area contributed by atoms with Gasteiger partial charge >= 0.3 is 0 Å². The molecule has 0 aromatic carbocycles. The van der Waals surface area contributed by atoms with Crippen LogP contribution >= 0.6 is 0 Å². The van der Waals surface area contributed by atoms with Crippen LogP contribution in [0.1, 0.15) is 45.4 Å². The lowest BCUT2D eigenvalue weighted by Gasteiger charge is -2.38. The van der Waals surface area contributed by atoms with Crippen LogP contribution in [0.3, 0.4) is 0 Å². The number of likely N-dealkylation sites (tertiary alicyclic amines) is 1. The first-order chi connectivity index (χ1) is 8.79. The monoisotopic (exact) mass is 251 g/mol. The van der Waals surface area contributed by atoms with Gasteiger partial charge in [0.15, 0.2) is 0 Å². The molecule has 2 nitrogen and oxygen atoms in total. The van der Waals surface area contributed by atoms with Crippen LogP contribution in [0, 0.1) is 11.8 Å². The molecule has 1 saturated carbocycles. The minimum absolute atomic E-state index is 0.440. The van der Waals surface area contributed by atoms with E-state index in [1.54, 1.807) is 0 Å². The maximum Gasteiger partial charge on any atom is 0.0706 e. The first-order valence-corrected chi connectivity index (χ1v) is 7.74. The molecule has 1 aliphatic heterocycles. The van der Waals surface area contributed by atoms with Gasteiger partial charge in [-0.3, -0.25) is 0 Å². The lowest BCUT2D eigenvalue weighted by atomic mass is 9.80. The highest BCUT2D eigenvalue weighted by molar-refractivity contribution is 4.80. The van der Waals surface area contributed by atoms with Crippen LogP contribution in [-0.2, 0) is 4.74 Å². The topological polar surface area (TPSA) is 12.5 Å². The molecule has 2 fully saturated rings. The van der Waals surface area contributed by atoms with Crippen LogP contribution in [0.4, 0.5) is 0 Å². The van der Waals surface area contributed by atoms with E-state index in [4.69, 9.17) is 4.74 Å². The van der Waals surface area contributed by atoms with E-state index < -0.39 is 0 Å². The number of nitrogens with zero attached hydrogens (tertiary/aromatic N) is 1. The van der Waals surface area contributed by atoms with Gasteiger partial charge < -0.3 is 9.64 Å². The van der Waals surface area contributed by atoms with Crippen LogP contribution in [-0.4, -0.2) is 37.2 Å². The summed E-state index contributed by atoms with van der Waals surface area (Å²) in [6.07, 6.45) is 10.6. The Morgan fingerprint density at radius 3 is 2.83 bits per heavy atom. The Balaban J connectivity index is 1.76. The molecule has 3 atom stereocenters. The van der Waals surface area contributed by atoms with Crippen molar-refractivity contribution in [1.82, 2.24) is 4.90 Å². The van der Waals surface area contributed by atoms with Crippen molar-refractivity contribution >= 4 is 0 Å². The van der Waals surface area contributed by atoms with Crippen LogP contribution in [0.5, 0.6) is 0 Å². The van der Waals surface area contributed by atoms with Crippen LogP contribution < -0.4 is 0 Å². The summed E-state index contributed by atoms with van der Waals surface area (Å²) in [7, 11) is 0.